The van der Waals surface area contributed by atoms with Gasteiger partial charge in [-0.3, -0.25) is 4.79 Å². The summed E-state index contributed by atoms with van der Waals surface area (Å²) in [5.74, 6) is -2.53. The lowest BCUT2D eigenvalue weighted by atomic mass is 10.2. The highest BCUT2D eigenvalue weighted by Crippen LogP contribution is 2.14. The zero-order valence-corrected chi connectivity index (χ0v) is 12.7. The molecular weight excluding hydrogens is 322 g/mol. The molecule has 2 heterocycles. The number of nitrogens with one attached hydrogen (secondary N) is 1. The molecule has 0 saturated heterocycles. The van der Waals surface area contributed by atoms with E-state index in [4.69, 9.17) is 0 Å². The van der Waals surface area contributed by atoms with Crippen molar-refractivity contribution >= 4 is 17.2 Å². The van der Waals surface area contributed by atoms with Crippen LogP contribution in [0.3, 0.4) is 0 Å². The maximum Gasteiger partial charge on any atom is 0.257 e. The number of aromatic nitrogens is 3. The Bertz CT molecular complexity index is 797. The first-order valence-corrected chi connectivity index (χ1v) is 7.70. The van der Waals surface area contributed by atoms with Gasteiger partial charge in [-0.25, -0.2) is 18.4 Å². The number of nitrogens with zero attached hydrogens (tertiary/aromatic N) is 3. The molecule has 0 aliphatic carbocycles. The predicted molar refractivity (Wildman–Crippen MR) is 81.6 cm³/mol. The van der Waals surface area contributed by atoms with Crippen LogP contribution in [0.1, 0.15) is 16.1 Å². The van der Waals surface area contributed by atoms with Crippen molar-refractivity contribution in [2.24, 2.45) is 0 Å². The molecule has 0 atom stereocenters. The van der Waals surface area contributed by atoms with Crippen LogP contribution >= 0.6 is 11.3 Å². The summed E-state index contributed by atoms with van der Waals surface area (Å²) in [6, 6.07) is 5.11. The van der Waals surface area contributed by atoms with Gasteiger partial charge in [0.2, 0.25) is 5.13 Å². The van der Waals surface area contributed by atoms with Crippen LogP contribution in [0.5, 0.6) is 0 Å². The predicted octanol–water partition coefficient (Wildman–Crippen LogP) is 2.58. The fourth-order valence-corrected chi connectivity index (χ4v) is 2.80. The number of halogens is 2. The molecule has 0 saturated carbocycles. The average Bonchev–Trinajstić information content (AvgIpc) is 3.18. The van der Waals surface area contributed by atoms with Crippen LogP contribution in [0.4, 0.5) is 8.78 Å². The summed E-state index contributed by atoms with van der Waals surface area (Å²) in [7, 11) is 0. The Balaban J connectivity index is 1.58. The van der Waals surface area contributed by atoms with Gasteiger partial charge >= 0.3 is 0 Å². The van der Waals surface area contributed by atoms with E-state index in [1.807, 2.05) is 5.38 Å². The van der Waals surface area contributed by atoms with Crippen molar-refractivity contribution in [1.29, 1.82) is 0 Å². The van der Waals surface area contributed by atoms with E-state index in [0.29, 0.717) is 6.42 Å². The molecule has 2 aromatic heterocycles. The summed E-state index contributed by atoms with van der Waals surface area (Å²) in [5.41, 5.74) is 0.206. The fourth-order valence-electron chi connectivity index (χ4n) is 2.01. The molecule has 5 nitrogen and oxygen atoms in total. The molecule has 0 unspecified atom stereocenters. The van der Waals surface area contributed by atoms with Crippen molar-refractivity contribution in [3.05, 3.63) is 64.9 Å². The van der Waals surface area contributed by atoms with E-state index in [1.165, 1.54) is 17.4 Å². The molecule has 1 aromatic carbocycles. The molecule has 23 heavy (non-hydrogen) atoms. The Hall–Kier alpha value is -2.61. The fraction of sp³-hybridized carbons (Fsp3) is 0.133. The van der Waals surface area contributed by atoms with Crippen LogP contribution in [0.2, 0.25) is 0 Å². The molecule has 3 rings (SSSR count). The maximum absolute atomic E-state index is 13.5. The van der Waals surface area contributed by atoms with Gasteiger partial charge < -0.3 is 5.32 Å². The number of benzene rings is 1. The number of amides is 1. The van der Waals surface area contributed by atoms with Crippen molar-refractivity contribution < 1.29 is 13.6 Å². The lowest BCUT2D eigenvalue weighted by molar-refractivity contribution is 0.0945. The zero-order valence-electron chi connectivity index (χ0n) is 11.9. The molecule has 3 aromatic rings. The van der Waals surface area contributed by atoms with Gasteiger partial charge in [0.25, 0.3) is 5.91 Å². The van der Waals surface area contributed by atoms with E-state index in [9.17, 15) is 13.6 Å². The minimum Gasteiger partial charge on any atom is -0.351 e. The van der Waals surface area contributed by atoms with E-state index < -0.39 is 23.1 Å². The smallest absolute Gasteiger partial charge is 0.257 e. The van der Waals surface area contributed by atoms with Crippen molar-refractivity contribution in [3.63, 3.8) is 0 Å². The molecular formula is C15H12F2N4OS. The van der Waals surface area contributed by atoms with Gasteiger partial charge in [0.15, 0.2) is 0 Å². The SMILES string of the molecule is O=C(NCCc1csc(-n2cccn2)n1)c1c(F)cccc1F. The standard InChI is InChI=1S/C15H12F2N4OS/c16-11-3-1-4-12(17)13(11)14(22)18-7-5-10-9-23-15(20-10)21-8-2-6-19-21/h1-4,6,8-9H,5,7H2,(H,18,22). The highest BCUT2D eigenvalue weighted by Gasteiger charge is 2.16. The average molecular weight is 334 g/mol. The summed E-state index contributed by atoms with van der Waals surface area (Å²) in [6.45, 7) is 0.231. The van der Waals surface area contributed by atoms with Crippen LogP contribution in [-0.4, -0.2) is 27.2 Å². The molecule has 118 valence electrons. The van der Waals surface area contributed by atoms with E-state index >= 15 is 0 Å². The number of thiazole rings is 1. The molecule has 1 N–H and O–H groups in total. The van der Waals surface area contributed by atoms with Crippen LogP contribution in [0, 0.1) is 11.6 Å². The highest BCUT2D eigenvalue weighted by molar-refractivity contribution is 7.12. The van der Waals surface area contributed by atoms with E-state index in [-0.39, 0.29) is 6.54 Å². The Kier molecular flexibility index (Phi) is 4.42. The Labute approximate surface area is 134 Å². The van der Waals surface area contributed by atoms with E-state index in [2.05, 4.69) is 15.4 Å². The van der Waals surface area contributed by atoms with E-state index in [1.54, 1.807) is 23.1 Å². The summed E-state index contributed by atoms with van der Waals surface area (Å²) in [5, 5.41) is 9.15. The number of rotatable bonds is 5. The molecule has 0 spiro atoms. The van der Waals surface area contributed by atoms with Crippen molar-refractivity contribution in [3.8, 4) is 5.13 Å². The minimum absolute atomic E-state index is 0.231. The van der Waals surface area contributed by atoms with Crippen molar-refractivity contribution in [1.82, 2.24) is 20.1 Å². The van der Waals surface area contributed by atoms with Crippen LogP contribution in [-0.2, 0) is 6.42 Å². The van der Waals surface area contributed by atoms with Crippen LogP contribution < -0.4 is 5.32 Å². The molecule has 0 fully saturated rings. The third-order valence-corrected chi connectivity index (χ3v) is 3.98. The normalized spacial score (nSPS) is 10.7. The van der Waals surface area contributed by atoms with Crippen molar-refractivity contribution in [2.75, 3.05) is 6.54 Å². The maximum atomic E-state index is 13.5. The van der Waals surface area contributed by atoms with Gasteiger partial charge in [-0.1, -0.05) is 6.07 Å². The number of hydrogen-bond donors (Lipinski definition) is 1. The van der Waals surface area contributed by atoms with Crippen molar-refractivity contribution in [2.45, 2.75) is 6.42 Å². The zero-order chi connectivity index (χ0) is 16.2. The molecule has 1 amide bonds. The highest BCUT2D eigenvalue weighted by atomic mass is 32.1. The summed E-state index contributed by atoms with van der Waals surface area (Å²) in [4.78, 5) is 16.2. The third kappa shape index (κ3) is 3.42. The van der Waals surface area contributed by atoms with Gasteiger partial charge in [-0.15, -0.1) is 11.3 Å². The van der Waals surface area contributed by atoms with E-state index in [0.717, 1.165) is 23.0 Å². The summed E-state index contributed by atoms with van der Waals surface area (Å²) >= 11 is 1.42. The molecule has 0 aliphatic rings. The first-order valence-electron chi connectivity index (χ1n) is 6.82. The summed E-state index contributed by atoms with van der Waals surface area (Å²) < 4.78 is 28.6. The minimum atomic E-state index is -0.878. The van der Waals surface area contributed by atoms with Crippen LogP contribution in [0.15, 0.2) is 42.0 Å². The van der Waals surface area contributed by atoms with Gasteiger partial charge in [-0.2, -0.15) is 5.10 Å². The number of carbonyl (C=O) groups is 1. The van der Waals surface area contributed by atoms with Gasteiger partial charge in [-0.05, 0) is 18.2 Å². The third-order valence-electron chi connectivity index (χ3n) is 3.10. The molecule has 0 radical (unpaired) electrons. The quantitative estimate of drug-likeness (QED) is 0.780. The molecule has 8 heteroatoms. The first-order chi connectivity index (χ1) is 11.1. The van der Waals surface area contributed by atoms with Crippen LogP contribution in [0.25, 0.3) is 5.13 Å². The first kappa shape index (κ1) is 15.3. The second-order valence-corrected chi connectivity index (χ2v) is 5.51. The lowest BCUT2D eigenvalue weighted by Gasteiger charge is -2.06. The van der Waals surface area contributed by atoms with Gasteiger partial charge in [0.1, 0.15) is 17.2 Å². The summed E-state index contributed by atoms with van der Waals surface area (Å²) in [6.07, 6.45) is 3.90. The second kappa shape index (κ2) is 6.66. The second-order valence-electron chi connectivity index (χ2n) is 4.67. The molecule has 0 aliphatic heterocycles. The lowest BCUT2D eigenvalue weighted by Crippen LogP contribution is -2.27. The number of hydrogen-bond acceptors (Lipinski definition) is 4. The molecule has 0 bridgehead atoms. The Morgan fingerprint density at radius 1 is 1.26 bits per heavy atom. The monoisotopic (exact) mass is 334 g/mol. The topological polar surface area (TPSA) is 59.8 Å². The number of carbonyl (C=O) groups excluding carboxylic acids is 1. The van der Waals surface area contributed by atoms with Gasteiger partial charge in [0, 0.05) is 30.7 Å². The largest absolute Gasteiger partial charge is 0.351 e. The Morgan fingerprint density at radius 2 is 2.04 bits per heavy atom. The van der Waals surface area contributed by atoms with Gasteiger partial charge in [0.05, 0.1) is 5.69 Å². The Morgan fingerprint density at radius 3 is 2.74 bits per heavy atom.